The molecule has 42 heavy (non-hydrogen) atoms. The van der Waals surface area contributed by atoms with Crippen LogP contribution >= 0.6 is 11.8 Å². The van der Waals surface area contributed by atoms with Gasteiger partial charge in [-0.2, -0.15) is 23.4 Å². The van der Waals surface area contributed by atoms with Gasteiger partial charge in [0.15, 0.2) is 0 Å². The van der Waals surface area contributed by atoms with E-state index in [2.05, 4.69) is 37.6 Å². The van der Waals surface area contributed by atoms with E-state index in [0.29, 0.717) is 34.4 Å². The van der Waals surface area contributed by atoms with Crippen molar-refractivity contribution in [2.45, 2.75) is 67.1 Å². The van der Waals surface area contributed by atoms with Crippen molar-refractivity contribution in [3.05, 3.63) is 41.9 Å². The van der Waals surface area contributed by atoms with E-state index in [1.165, 1.54) is 10.7 Å². The molecule has 0 atom stereocenters. The van der Waals surface area contributed by atoms with Crippen LogP contribution in [0.3, 0.4) is 0 Å². The molecule has 222 valence electrons. The number of aromatic nitrogens is 4. The van der Waals surface area contributed by atoms with E-state index in [4.69, 9.17) is 4.74 Å². The molecule has 0 radical (unpaired) electrons. The Bertz CT molecular complexity index is 1530. The Balaban J connectivity index is 1.02. The zero-order valence-corrected chi connectivity index (χ0v) is 23.8. The third kappa shape index (κ3) is 5.72. The van der Waals surface area contributed by atoms with Crippen molar-refractivity contribution in [2.75, 3.05) is 38.2 Å². The van der Waals surface area contributed by atoms with Gasteiger partial charge in [0.2, 0.25) is 0 Å². The molecule has 0 bridgehead atoms. The third-order valence-electron chi connectivity index (χ3n) is 8.62. The van der Waals surface area contributed by atoms with Crippen LogP contribution in [0.25, 0.3) is 5.52 Å². The summed E-state index contributed by atoms with van der Waals surface area (Å²) in [5.41, 5.74) is -3.30. The summed E-state index contributed by atoms with van der Waals surface area (Å²) in [5, 5.41) is 14.9. The number of hydrogen-bond donors (Lipinski definition) is 2. The first kappa shape index (κ1) is 27.6. The highest BCUT2D eigenvalue weighted by atomic mass is 32.2. The van der Waals surface area contributed by atoms with Gasteiger partial charge in [0.25, 0.3) is 5.91 Å². The maximum absolute atomic E-state index is 13.5. The van der Waals surface area contributed by atoms with Crippen LogP contribution in [0.5, 0.6) is 0 Å². The van der Waals surface area contributed by atoms with Gasteiger partial charge in [0, 0.05) is 36.8 Å². The number of nitrogens with one attached hydrogen (secondary N) is 2. The van der Waals surface area contributed by atoms with Crippen molar-refractivity contribution in [2.24, 2.45) is 5.41 Å². The molecular formula is C29H32F3N7O2S. The second-order valence-electron chi connectivity index (χ2n) is 11.9. The Morgan fingerprint density at radius 2 is 1.88 bits per heavy atom. The number of fused-ring (bicyclic) bond motifs is 1. The number of nitrogens with zero attached hydrogens (tertiary/aromatic N) is 5. The summed E-state index contributed by atoms with van der Waals surface area (Å²) in [6, 6.07) is 6.36. The van der Waals surface area contributed by atoms with Crippen molar-refractivity contribution in [3.63, 3.8) is 0 Å². The number of ether oxygens (including phenoxy) is 1. The average Bonchev–Trinajstić information content (AvgIpc) is 3.54. The molecule has 2 N–H and O–H groups in total. The minimum Gasteiger partial charge on any atom is -0.380 e. The lowest BCUT2D eigenvalue weighted by molar-refractivity contribution is -0.200. The Labute approximate surface area is 245 Å². The number of anilines is 1. The molecule has 3 aromatic rings. The molecular weight excluding hydrogens is 567 g/mol. The van der Waals surface area contributed by atoms with Crippen LogP contribution < -0.4 is 10.6 Å². The smallest absolute Gasteiger partial charge is 0.380 e. The SMILES string of the molecule is O=C(NCC#Cc1nn2c(NC3CCC(N4CC5(COC5)C4)CC3)cccc2c1SC(F)(F)F)c1cnn(C2CC2)c1. The topological polar surface area (TPSA) is 88.7 Å². The Morgan fingerprint density at radius 3 is 2.57 bits per heavy atom. The first-order valence-corrected chi connectivity index (χ1v) is 15.2. The Kier molecular flexibility index (Phi) is 7.11. The van der Waals surface area contributed by atoms with Gasteiger partial charge in [0.1, 0.15) is 11.5 Å². The van der Waals surface area contributed by atoms with Gasteiger partial charge in [0.05, 0.1) is 48.0 Å². The number of amides is 1. The standard InChI is InChI=1S/C29H32F3N7O2S/c30-29(31,32)42-26-23(3-2-12-33-27(40)19-13-34-38(14-19)22-10-11-22)36-39-24(26)4-1-5-25(39)35-20-6-8-21(9-7-20)37-15-28(16-37)17-41-18-28/h1,4-5,13-14,20-22,35H,6-12,15-18H2,(H,33,40). The number of halogens is 3. The van der Waals surface area contributed by atoms with E-state index in [-0.39, 0.29) is 40.8 Å². The number of hydrogen-bond acceptors (Lipinski definition) is 7. The summed E-state index contributed by atoms with van der Waals surface area (Å²) in [6.07, 6.45) is 9.46. The Morgan fingerprint density at radius 1 is 1.12 bits per heavy atom. The number of pyridine rings is 1. The fourth-order valence-corrected chi connectivity index (χ4v) is 6.92. The summed E-state index contributed by atoms with van der Waals surface area (Å²) in [7, 11) is 0. The largest absolute Gasteiger partial charge is 0.446 e. The molecule has 5 heterocycles. The van der Waals surface area contributed by atoms with Gasteiger partial charge < -0.3 is 15.4 Å². The zero-order chi connectivity index (χ0) is 28.9. The number of thioether (sulfide) groups is 1. The molecule has 0 aromatic carbocycles. The predicted octanol–water partition coefficient (Wildman–Crippen LogP) is 4.31. The summed E-state index contributed by atoms with van der Waals surface area (Å²) < 4.78 is 49.3. The van der Waals surface area contributed by atoms with Crippen molar-refractivity contribution in [1.82, 2.24) is 29.6 Å². The van der Waals surface area contributed by atoms with Crippen LogP contribution in [-0.2, 0) is 4.74 Å². The predicted molar refractivity (Wildman–Crippen MR) is 151 cm³/mol. The molecule has 4 fully saturated rings. The molecule has 9 nitrogen and oxygen atoms in total. The van der Waals surface area contributed by atoms with Crippen LogP contribution in [0.1, 0.15) is 60.6 Å². The molecule has 4 aliphatic rings. The minimum absolute atomic E-state index is 0.0257. The quantitative estimate of drug-likeness (QED) is 0.309. The van der Waals surface area contributed by atoms with Gasteiger partial charge in [-0.05, 0) is 68.3 Å². The second kappa shape index (κ2) is 10.8. The molecule has 2 saturated carbocycles. The normalized spacial score (nSPS) is 23.6. The number of alkyl halides is 3. The molecule has 1 spiro atoms. The van der Waals surface area contributed by atoms with E-state index in [0.717, 1.165) is 64.8 Å². The number of carbonyl (C=O) groups excluding carboxylic acids is 1. The Hall–Kier alpha value is -3.21. The second-order valence-corrected chi connectivity index (χ2v) is 13.0. The van der Waals surface area contributed by atoms with Crippen LogP contribution in [0.15, 0.2) is 35.5 Å². The first-order chi connectivity index (χ1) is 20.3. The summed E-state index contributed by atoms with van der Waals surface area (Å²) in [5.74, 6) is 5.85. The molecule has 2 saturated heterocycles. The van der Waals surface area contributed by atoms with Crippen molar-refractivity contribution >= 4 is 29.0 Å². The lowest BCUT2D eigenvalue weighted by Crippen LogP contribution is -2.68. The average molecular weight is 600 g/mol. The van der Waals surface area contributed by atoms with E-state index in [1.807, 2.05) is 6.07 Å². The first-order valence-electron chi connectivity index (χ1n) is 14.4. The minimum atomic E-state index is -4.50. The number of rotatable bonds is 7. The highest BCUT2D eigenvalue weighted by Gasteiger charge is 2.50. The van der Waals surface area contributed by atoms with Gasteiger partial charge in [-0.1, -0.05) is 12.0 Å². The number of likely N-dealkylation sites (tertiary alicyclic amines) is 1. The van der Waals surface area contributed by atoms with Crippen LogP contribution in [-0.4, -0.2) is 80.6 Å². The molecule has 7 rings (SSSR count). The van der Waals surface area contributed by atoms with E-state index in [1.54, 1.807) is 23.0 Å². The maximum atomic E-state index is 13.5. The van der Waals surface area contributed by atoms with Crippen molar-refractivity contribution in [1.29, 1.82) is 0 Å². The lowest BCUT2D eigenvalue weighted by Gasteiger charge is -2.58. The highest BCUT2D eigenvalue weighted by Crippen LogP contribution is 2.43. The molecule has 2 aliphatic heterocycles. The van der Waals surface area contributed by atoms with Crippen LogP contribution in [0.4, 0.5) is 19.0 Å². The molecule has 2 aliphatic carbocycles. The van der Waals surface area contributed by atoms with Gasteiger partial charge >= 0.3 is 5.51 Å². The molecule has 3 aromatic heterocycles. The molecule has 13 heteroatoms. The van der Waals surface area contributed by atoms with Gasteiger partial charge in [-0.25, -0.2) is 4.52 Å². The van der Waals surface area contributed by atoms with Crippen LogP contribution in [0, 0.1) is 17.3 Å². The van der Waals surface area contributed by atoms with E-state index in [9.17, 15) is 18.0 Å². The van der Waals surface area contributed by atoms with Gasteiger partial charge in [-0.3, -0.25) is 14.4 Å². The maximum Gasteiger partial charge on any atom is 0.446 e. The summed E-state index contributed by atoms with van der Waals surface area (Å²) in [4.78, 5) is 15.0. The zero-order valence-electron chi connectivity index (χ0n) is 23.0. The third-order valence-corrected chi connectivity index (χ3v) is 9.46. The van der Waals surface area contributed by atoms with E-state index < -0.39 is 5.51 Å². The molecule has 0 unspecified atom stereocenters. The lowest BCUT2D eigenvalue weighted by atomic mass is 9.75. The molecule has 1 amide bonds. The monoisotopic (exact) mass is 599 g/mol. The number of carbonyl (C=O) groups is 1. The van der Waals surface area contributed by atoms with Crippen molar-refractivity contribution < 1.29 is 22.7 Å². The fourth-order valence-electron chi connectivity index (χ4n) is 6.24. The van der Waals surface area contributed by atoms with Crippen LogP contribution in [0.2, 0.25) is 0 Å². The van der Waals surface area contributed by atoms with E-state index >= 15 is 0 Å². The fraction of sp³-hybridized carbons (Fsp3) is 0.552. The van der Waals surface area contributed by atoms with Gasteiger partial charge in [-0.15, -0.1) is 0 Å². The van der Waals surface area contributed by atoms with Crippen molar-refractivity contribution in [3.8, 4) is 11.8 Å². The highest BCUT2D eigenvalue weighted by molar-refractivity contribution is 8.00. The summed E-state index contributed by atoms with van der Waals surface area (Å²) in [6.45, 7) is 3.99. The summed E-state index contributed by atoms with van der Waals surface area (Å²) >= 11 is -0.217.